The fourth-order valence-corrected chi connectivity index (χ4v) is 1.68. The van der Waals surface area contributed by atoms with Crippen molar-refractivity contribution in [1.82, 2.24) is 0 Å². The molecule has 0 aromatic heterocycles. The molecular weight excluding hydrogens is 234 g/mol. The molecule has 2 rings (SSSR count). The molecule has 2 N–H and O–H groups in total. The number of nitrogen functional groups attached to an aromatic ring is 1. The number of hydrogen-bond donors (Lipinski definition) is 1. The number of benzene rings is 2. The van der Waals surface area contributed by atoms with Crippen LogP contribution < -0.4 is 5.73 Å². The van der Waals surface area contributed by atoms with E-state index in [4.69, 9.17) is 17.3 Å². The molecular formula is C14H12ClNO. The van der Waals surface area contributed by atoms with Gasteiger partial charge in [-0.3, -0.25) is 4.79 Å². The molecule has 2 aromatic rings. The van der Waals surface area contributed by atoms with Gasteiger partial charge in [-0.05, 0) is 42.0 Å². The molecule has 0 bridgehead atoms. The maximum absolute atomic E-state index is 11.9. The van der Waals surface area contributed by atoms with E-state index in [9.17, 15) is 4.79 Å². The Balaban J connectivity index is 2.11. The molecule has 0 amide bonds. The van der Waals surface area contributed by atoms with Gasteiger partial charge in [0.1, 0.15) is 0 Å². The Labute approximate surface area is 105 Å². The standard InChI is InChI=1S/C14H12ClNO/c15-12-5-3-11(4-6-12)14(17)9-10-1-7-13(16)8-2-10/h1-8H,9,16H2. The molecule has 0 aliphatic heterocycles. The lowest BCUT2D eigenvalue weighted by atomic mass is 10.0. The smallest absolute Gasteiger partial charge is 0.167 e. The van der Waals surface area contributed by atoms with Crippen molar-refractivity contribution in [2.75, 3.05) is 5.73 Å². The molecule has 0 fully saturated rings. The van der Waals surface area contributed by atoms with Gasteiger partial charge in [0.05, 0.1) is 0 Å². The first-order valence-electron chi connectivity index (χ1n) is 5.28. The molecule has 0 heterocycles. The van der Waals surface area contributed by atoms with Crippen molar-refractivity contribution in [3.63, 3.8) is 0 Å². The zero-order valence-electron chi connectivity index (χ0n) is 9.19. The van der Waals surface area contributed by atoms with Crippen LogP contribution in [0.25, 0.3) is 0 Å². The Hall–Kier alpha value is -1.80. The molecule has 0 aliphatic rings. The van der Waals surface area contributed by atoms with Crippen LogP contribution >= 0.6 is 11.6 Å². The average Bonchev–Trinajstić information content (AvgIpc) is 2.33. The summed E-state index contributed by atoms with van der Waals surface area (Å²) >= 11 is 5.77. The Morgan fingerprint density at radius 2 is 1.59 bits per heavy atom. The van der Waals surface area contributed by atoms with Gasteiger partial charge in [-0.15, -0.1) is 0 Å². The van der Waals surface area contributed by atoms with Crippen molar-refractivity contribution in [2.45, 2.75) is 6.42 Å². The first-order chi connectivity index (χ1) is 8.15. The van der Waals surface area contributed by atoms with Crippen LogP contribution in [0, 0.1) is 0 Å². The van der Waals surface area contributed by atoms with Gasteiger partial charge in [0.15, 0.2) is 5.78 Å². The van der Waals surface area contributed by atoms with Crippen molar-refractivity contribution in [3.8, 4) is 0 Å². The Morgan fingerprint density at radius 3 is 2.18 bits per heavy atom. The molecule has 86 valence electrons. The molecule has 0 saturated carbocycles. The number of ketones is 1. The summed E-state index contributed by atoms with van der Waals surface area (Å²) in [6.45, 7) is 0. The van der Waals surface area contributed by atoms with E-state index >= 15 is 0 Å². The second-order valence-electron chi connectivity index (χ2n) is 3.85. The lowest BCUT2D eigenvalue weighted by Gasteiger charge is -2.02. The lowest BCUT2D eigenvalue weighted by molar-refractivity contribution is 0.0993. The Kier molecular flexibility index (Phi) is 3.45. The number of carbonyl (C=O) groups excluding carboxylic acids is 1. The summed E-state index contributed by atoms with van der Waals surface area (Å²) in [5.74, 6) is 0.0754. The van der Waals surface area contributed by atoms with Gasteiger partial charge in [-0.2, -0.15) is 0 Å². The fourth-order valence-electron chi connectivity index (χ4n) is 1.56. The summed E-state index contributed by atoms with van der Waals surface area (Å²) in [6.07, 6.45) is 0.377. The van der Waals surface area contributed by atoms with Gasteiger partial charge in [-0.1, -0.05) is 23.7 Å². The van der Waals surface area contributed by atoms with Crippen LogP contribution in [0.4, 0.5) is 5.69 Å². The first kappa shape index (κ1) is 11.7. The third-order valence-corrected chi connectivity index (χ3v) is 2.76. The number of halogens is 1. The van der Waals surface area contributed by atoms with Gasteiger partial charge in [-0.25, -0.2) is 0 Å². The van der Waals surface area contributed by atoms with E-state index in [0.29, 0.717) is 22.7 Å². The first-order valence-corrected chi connectivity index (χ1v) is 5.66. The zero-order chi connectivity index (χ0) is 12.3. The minimum Gasteiger partial charge on any atom is -0.399 e. The van der Waals surface area contributed by atoms with Crippen LogP contribution in [0.3, 0.4) is 0 Å². The molecule has 17 heavy (non-hydrogen) atoms. The van der Waals surface area contributed by atoms with E-state index in [2.05, 4.69) is 0 Å². The van der Waals surface area contributed by atoms with E-state index < -0.39 is 0 Å². The normalized spacial score (nSPS) is 10.2. The second kappa shape index (κ2) is 5.02. The second-order valence-corrected chi connectivity index (χ2v) is 4.28. The Bertz CT molecular complexity index is 517. The average molecular weight is 246 g/mol. The predicted octanol–water partition coefficient (Wildman–Crippen LogP) is 3.35. The number of nitrogens with two attached hydrogens (primary N) is 1. The SMILES string of the molecule is Nc1ccc(CC(=O)c2ccc(Cl)cc2)cc1. The van der Waals surface area contributed by atoms with Gasteiger partial charge in [0, 0.05) is 22.7 Å². The summed E-state index contributed by atoms with van der Waals surface area (Å²) in [4.78, 5) is 11.9. The molecule has 0 saturated heterocycles. The molecule has 0 aliphatic carbocycles. The van der Waals surface area contributed by atoms with Crippen LogP contribution in [0.15, 0.2) is 48.5 Å². The number of anilines is 1. The van der Waals surface area contributed by atoms with Crippen LogP contribution in [0.1, 0.15) is 15.9 Å². The van der Waals surface area contributed by atoms with Crippen molar-refractivity contribution < 1.29 is 4.79 Å². The number of Topliss-reactive ketones (excluding diaryl/α,β-unsaturated/α-hetero) is 1. The monoisotopic (exact) mass is 245 g/mol. The highest BCUT2D eigenvalue weighted by molar-refractivity contribution is 6.30. The minimum atomic E-state index is 0.0754. The molecule has 0 atom stereocenters. The molecule has 3 heteroatoms. The van der Waals surface area contributed by atoms with Gasteiger partial charge < -0.3 is 5.73 Å². The van der Waals surface area contributed by atoms with Crippen molar-refractivity contribution in [1.29, 1.82) is 0 Å². The van der Waals surface area contributed by atoms with Gasteiger partial charge in [0.2, 0.25) is 0 Å². The summed E-state index contributed by atoms with van der Waals surface area (Å²) in [5.41, 5.74) is 7.92. The third kappa shape index (κ3) is 3.08. The van der Waals surface area contributed by atoms with Crippen LogP contribution in [0.5, 0.6) is 0 Å². The highest BCUT2D eigenvalue weighted by Gasteiger charge is 2.06. The highest BCUT2D eigenvalue weighted by Crippen LogP contribution is 2.13. The molecule has 0 spiro atoms. The molecule has 0 unspecified atom stereocenters. The minimum absolute atomic E-state index is 0.0754. The van der Waals surface area contributed by atoms with E-state index in [1.807, 2.05) is 12.1 Å². The summed E-state index contributed by atoms with van der Waals surface area (Å²) in [7, 11) is 0. The van der Waals surface area contributed by atoms with Crippen LogP contribution in [-0.4, -0.2) is 5.78 Å². The summed E-state index contributed by atoms with van der Waals surface area (Å²) < 4.78 is 0. The largest absolute Gasteiger partial charge is 0.399 e. The number of carbonyl (C=O) groups is 1. The third-order valence-electron chi connectivity index (χ3n) is 2.51. The van der Waals surface area contributed by atoms with E-state index in [0.717, 1.165) is 5.56 Å². The molecule has 2 aromatic carbocycles. The quantitative estimate of drug-likeness (QED) is 0.666. The van der Waals surface area contributed by atoms with Crippen molar-refractivity contribution in [3.05, 3.63) is 64.7 Å². The summed E-state index contributed by atoms with van der Waals surface area (Å²) in [5, 5.41) is 0.633. The number of hydrogen-bond acceptors (Lipinski definition) is 2. The topological polar surface area (TPSA) is 43.1 Å². The highest BCUT2D eigenvalue weighted by atomic mass is 35.5. The number of rotatable bonds is 3. The van der Waals surface area contributed by atoms with Crippen molar-refractivity contribution in [2.24, 2.45) is 0 Å². The predicted molar refractivity (Wildman–Crippen MR) is 70.3 cm³/mol. The Morgan fingerprint density at radius 1 is 1.00 bits per heavy atom. The fraction of sp³-hybridized carbons (Fsp3) is 0.0714. The van der Waals surface area contributed by atoms with E-state index in [-0.39, 0.29) is 5.78 Å². The van der Waals surface area contributed by atoms with E-state index in [1.165, 1.54) is 0 Å². The van der Waals surface area contributed by atoms with E-state index in [1.54, 1.807) is 36.4 Å². The summed E-state index contributed by atoms with van der Waals surface area (Å²) in [6, 6.07) is 14.2. The van der Waals surface area contributed by atoms with Gasteiger partial charge >= 0.3 is 0 Å². The zero-order valence-corrected chi connectivity index (χ0v) is 9.95. The molecule has 0 radical (unpaired) electrons. The maximum atomic E-state index is 11.9. The van der Waals surface area contributed by atoms with Crippen molar-refractivity contribution >= 4 is 23.1 Å². The van der Waals surface area contributed by atoms with Crippen LogP contribution in [0.2, 0.25) is 5.02 Å². The lowest BCUT2D eigenvalue weighted by Crippen LogP contribution is -2.03. The van der Waals surface area contributed by atoms with Gasteiger partial charge in [0.25, 0.3) is 0 Å². The molecule has 2 nitrogen and oxygen atoms in total. The maximum Gasteiger partial charge on any atom is 0.167 e. The van der Waals surface area contributed by atoms with Crippen LogP contribution in [-0.2, 0) is 6.42 Å².